The fourth-order valence-electron chi connectivity index (χ4n) is 3.18. The molecule has 3 aromatic rings. The van der Waals surface area contributed by atoms with Gasteiger partial charge in [-0.25, -0.2) is 4.98 Å². The fraction of sp³-hybridized carbons (Fsp3) is 0.480. The van der Waals surface area contributed by atoms with Crippen LogP contribution >= 0.6 is 11.3 Å². The van der Waals surface area contributed by atoms with Gasteiger partial charge in [0.25, 0.3) is 5.56 Å². The highest BCUT2D eigenvalue weighted by atomic mass is 32.1. The Bertz CT molecular complexity index is 1140. The molecule has 34 heavy (non-hydrogen) atoms. The molecule has 5 nitrogen and oxygen atoms in total. The number of halogens is 3. The smallest absolute Gasteiger partial charge is 0.416 e. The quantitative estimate of drug-likeness (QED) is 0.416. The van der Waals surface area contributed by atoms with Crippen LogP contribution in [0, 0.1) is 6.92 Å². The Labute approximate surface area is 203 Å². The third kappa shape index (κ3) is 6.91. The van der Waals surface area contributed by atoms with Crippen molar-refractivity contribution < 1.29 is 18.3 Å². The van der Waals surface area contributed by atoms with Crippen LogP contribution in [0.25, 0.3) is 11.1 Å². The van der Waals surface area contributed by atoms with Crippen LogP contribution in [0.4, 0.5) is 13.2 Å². The lowest BCUT2D eigenvalue weighted by molar-refractivity contribution is -0.137. The number of rotatable bonds is 5. The van der Waals surface area contributed by atoms with Crippen LogP contribution in [0.1, 0.15) is 69.2 Å². The minimum atomic E-state index is -4.55. The second-order valence-corrected chi connectivity index (χ2v) is 9.03. The van der Waals surface area contributed by atoms with Gasteiger partial charge in [-0.3, -0.25) is 9.36 Å². The highest BCUT2D eigenvalue weighted by molar-refractivity contribution is 7.11. The molecule has 0 atom stereocenters. The molecule has 2 aromatic heterocycles. The topological polar surface area (TPSA) is 68.0 Å². The van der Waals surface area contributed by atoms with E-state index < -0.39 is 23.2 Å². The Morgan fingerprint density at radius 3 is 2.26 bits per heavy atom. The van der Waals surface area contributed by atoms with E-state index in [2.05, 4.69) is 23.8 Å². The first kappa shape index (κ1) is 29.4. The largest absolute Gasteiger partial charge is 0.493 e. The van der Waals surface area contributed by atoms with Gasteiger partial charge in [-0.2, -0.15) is 18.2 Å². The summed E-state index contributed by atoms with van der Waals surface area (Å²) < 4.78 is 40.3. The minimum absolute atomic E-state index is 0.0255. The molecule has 3 rings (SSSR count). The van der Waals surface area contributed by atoms with Crippen LogP contribution in [0.3, 0.4) is 0 Å². The van der Waals surface area contributed by atoms with Gasteiger partial charge in [-0.1, -0.05) is 53.7 Å². The van der Waals surface area contributed by atoms with Crippen molar-refractivity contribution in [2.45, 2.75) is 72.9 Å². The van der Waals surface area contributed by atoms with Crippen LogP contribution in [0.15, 0.2) is 35.3 Å². The van der Waals surface area contributed by atoms with Crippen molar-refractivity contribution >= 4 is 11.3 Å². The van der Waals surface area contributed by atoms with E-state index in [1.165, 1.54) is 23.7 Å². The van der Waals surface area contributed by atoms with Gasteiger partial charge >= 0.3 is 6.18 Å². The number of aromatic hydroxyl groups is 1. The Morgan fingerprint density at radius 1 is 1.12 bits per heavy atom. The number of alkyl halides is 3. The third-order valence-electron chi connectivity index (χ3n) is 5.10. The van der Waals surface area contributed by atoms with E-state index in [9.17, 15) is 23.1 Å². The van der Waals surface area contributed by atoms with E-state index in [1.807, 2.05) is 40.8 Å². The molecule has 0 radical (unpaired) electrons. The number of aryl methyl sites for hydroxylation is 2. The van der Waals surface area contributed by atoms with Gasteiger partial charge in [0.15, 0.2) is 0 Å². The van der Waals surface area contributed by atoms with Crippen molar-refractivity contribution in [1.29, 1.82) is 0 Å². The molecule has 0 fully saturated rings. The van der Waals surface area contributed by atoms with Gasteiger partial charge in [-0.05, 0) is 31.0 Å². The maximum atomic E-state index is 13.0. The number of hydrogen-bond donors (Lipinski definition) is 1. The van der Waals surface area contributed by atoms with Gasteiger partial charge in [0.05, 0.1) is 10.6 Å². The molecule has 0 bridgehead atoms. The predicted molar refractivity (Wildman–Crippen MR) is 132 cm³/mol. The molecular weight excluding hydrogens is 463 g/mol. The summed E-state index contributed by atoms with van der Waals surface area (Å²) in [6.07, 6.45) is -1.66. The Morgan fingerprint density at radius 2 is 1.74 bits per heavy atom. The summed E-state index contributed by atoms with van der Waals surface area (Å²) in [5, 5.41) is 11.3. The number of hydrogen-bond acceptors (Lipinski definition) is 5. The molecule has 0 aliphatic rings. The van der Waals surface area contributed by atoms with E-state index >= 15 is 0 Å². The van der Waals surface area contributed by atoms with Gasteiger partial charge in [0, 0.05) is 30.0 Å². The summed E-state index contributed by atoms with van der Waals surface area (Å²) in [5.74, 6) is -0.207. The van der Waals surface area contributed by atoms with E-state index in [4.69, 9.17) is 0 Å². The van der Waals surface area contributed by atoms with Crippen molar-refractivity contribution in [3.05, 3.63) is 62.1 Å². The van der Waals surface area contributed by atoms with Crippen molar-refractivity contribution in [2.24, 2.45) is 7.05 Å². The number of benzene rings is 1. The van der Waals surface area contributed by atoms with Crippen molar-refractivity contribution in [2.75, 3.05) is 0 Å². The zero-order chi connectivity index (χ0) is 26.3. The summed E-state index contributed by atoms with van der Waals surface area (Å²) in [5.41, 5.74) is -1.97. The number of nitrogens with zero attached hydrogens (tertiary/aromatic N) is 3. The second kappa shape index (κ2) is 12.1. The fourth-order valence-corrected chi connectivity index (χ4v) is 4.09. The molecule has 1 N–H and O–H groups in total. The van der Waals surface area contributed by atoms with E-state index in [0.717, 1.165) is 22.0 Å². The monoisotopic (exact) mass is 497 g/mol. The lowest BCUT2D eigenvalue weighted by Gasteiger charge is -2.23. The van der Waals surface area contributed by atoms with Crippen LogP contribution in [-0.2, 0) is 25.1 Å². The van der Waals surface area contributed by atoms with Crippen molar-refractivity contribution in [3.8, 4) is 17.0 Å². The number of thiazole rings is 1. The first-order chi connectivity index (χ1) is 15.9. The summed E-state index contributed by atoms with van der Waals surface area (Å²) in [6.45, 7) is 14.1. The molecular formula is C25H34F3N3O2S. The molecule has 188 valence electrons. The molecule has 9 heteroatoms. The number of aromatic nitrogens is 3. The van der Waals surface area contributed by atoms with Crippen LogP contribution < -0.4 is 5.56 Å². The maximum Gasteiger partial charge on any atom is 0.416 e. The van der Waals surface area contributed by atoms with Gasteiger partial charge < -0.3 is 5.11 Å². The van der Waals surface area contributed by atoms with E-state index in [1.54, 1.807) is 11.3 Å². The SMILES string of the molecule is CC.CC.Cc1ncc(C(C)(C)CCc2nc(O)c(-c3cccc(C(F)(F)F)c3)c(=O)n2C)s1. The summed E-state index contributed by atoms with van der Waals surface area (Å²) in [6, 6.07) is 4.30. The molecule has 0 saturated carbocycles. The Balaban J connectivity index is 0.00000137. The lowest BCUT2D eigenvalue weighted by Crippen LogP contribution is -2.26. The van der Waals surface area contributed by atoms with Crippen molar-refractivity contribution in [3.63, 3.8) is 0 Å². The molecule has 1 aromatic carbocycles. The molecule has 0 spiro atoms. The first-order valence-electron chi connectivity index (χ1n) is 11.3. The Hall–Kier alpha value is -2.68. The standard InChI is InChI=1S/C21H22F3N3O2S.2C2H6/c1-12-25-11-15(30-12)20(2,3)9-8-16-26-18(28)17(19(29)27(16)4)13-6-5-7-14(10-13)21(22,23)24;2*1-2/h5-7,10-11,28H,8-9H2,1-4H3;2*1-2H3. The van der Waals surface area contributed by atoms with Crippen molar-refractivity contribution in [1.82, 2.24) is 14.5 Å². The highest BCUT2D eigenvalue weighted by Gasteiger charge is 2.31. The molecule has 0 amide bonds. The van der Waals surface area contributed by atoms with Gasteiger partial charge in [0.1, 0.15) is 11.4 Å². The summed E-state index contributed by atoms with van der Waals surface area (Å²) >= 11 is 1.60. The van der Waals surface area contributed by atoms with Crippen LogP contribution in [0.5, 0.6) is 5.88 Å². The summed E-state index contributed by atoms with van der Waals surface area (Å²) in [4.78, 5) is 22.4. The normalized spacial score (nSPS) is 11.3. The Kier molecular flexibility index (Phi) is 10.5. The highest BCUT2D eigenvalue weighted by Crippen LogP contribution is 2.34. The van der Waals surface area contributed by atoms with Gasteiger partial charge in [0.2, 0.25) is 5.88 Å². The maximum absolute atomic E-state index is 13.0. The lowest BCUT2D eigenvalue weighted by atomic mass is 9.86. The average Bonchev–Trinajstić information content (AvgIpc) is 3.25. The van der Waals surface area contributed by atoms with Crippen LogP contribution in [-0.4, -0.2) is 19.6 Å². The molecule has 0 unspecified atom stereocenters. The minimum Gasteiger partial charge on any atom is -0.493 e. The summed E-state index contributed by atoms with van der Waals surface area (Å²) in [7, 11) is 1.51. The first-order valence-corrected chi connectivity index (χ1v) is 12.1. The van der Waals surface area contributed by atoms with Gasteiger partial charge in [-0.15, -0.1) is 11.3 Å². The van der Waals surface area contributed by atoms with Crippen LogP contribution in [0.2, 0.25) is 0 Å². The van der Waals surface area contributed by atoms with E-state index in [-0.39, 0.29) is 16.5 Å². The van der Waals surface area contributed by atoms with E-state index in [0.29, 0.717) is 18.7 Å². The second-order valence-electron chi connectivity index (χ2n) is 7.80. The third-order valence-corrected chi connectivity index (χ3v) is 6.38. The zero-order valence-corrected chi connectivity index (χ0v) is 21.9. The molecule has 0 aliphatic carbocycles. The molecule has 0 aliphatic heterocycles. The average molecular weight is 498 g/mol. The zero-order valence-electron chi connectivity index (χ0n) is 21.0. The predicted octanol–water partition coefficient (Wildman–Crippen LogP) is 6.90. The molecule has 0 saturated heterocycles. The molecule has 2 heterocycles.